The molecule has 0 bridgehead atoms. The normalized spacial score (nSPS) is 15.6. The van der Waals surface area contributed by atoms with E-state index in [0.717, 1.165) is 41.1 Å². The average molecular weight is 396 g/mol. The van der Waals surface area contributed by atoms with Crippen LogP contribution in [0.25, 0.3) is 10.2 Å². The third-order valence-electron chi connectivity index (χ3n) is 5.21. The van der Waals surface area contributed by atoms with Crippen LogP contribution in [0.15, 0.2) is 42.7 Å². The van der Waals surface area contributed by atoms with Crippen LogP contribution in [0.2, 0.25) is 0 Å². The lowest BCUT2D eigenvalue weighted by molar-refractivity contribution is 0.191. The van der Waals surface area contributed by atoms with Crippen molar-refractivity contribution in [2.75, 3.05) is 31.1 Å². The van der Waals surface area contributed by atoms with E-state index < -0.39 is 0 Å². The molecule has 3 aromatic rings. The Morgan fingerprint density at radius 2 is 1.93 bits per heavy atom. The van der Waals surface area contributed by atoms with Gasteiger partial charge in [0.1, 0.15) is 17.0 Å². The van der Waals surface area contributed by atoms with Crippen LogP contribution in [0.5, 0.6) is 0 Å². The van der Waals surface area contributed by atoms with Crippen LogP contribution in [-0.4, -0.2) is 47.1 Å². The van der Waals surface area contributed by atoms with Gasteiger partial charge in [-0.1, -0.05) is 37.3 Å². The summed E-state index contributed by atoms with van der Waals surface area (Å²) < 4.78 is 0. The quantitative estimate of drug-likeness (QED) is 0.729. The zero-order chi connectivity index (χ0) is 19.5. The van der Waals surface area contributed by atoms with E-state index in [0.29, 0.717) is 13.1 Å². The van der Waals surface area contributed by atoms with Gasteiger partial charge in [0.2, 0.25) is 0 Å². The third kappa shape index (κ3) is 3.80. The van der Waals surface area contributed by atoms with Crippen LogP contribution >= 0.6 is 11.3 Å². The highest BCUT2D eigenvalue weighted by molar-refractivity contribution is 7.18. The Balaban J connectivity index is 1.39. The van der Waals surface area contributed by atoms with Crippen LogP contribution in [0.1, 0.15) is 30.3 Å². The Morgan fingerprint density at radius 3 is 2.64 bits per heavy atom. The van der Waals surface area contributed by atoms with Crippen molar-refractivity contribution < 1.29 is 4.79 Å². The van der Waals surface area contributed by atoms with Crippen molar-refractivity contribution in [1.29, 1.82) is 0 Å². The number of piperazine rings is 1. The summed E-state index contributed by atoms with van der Waals surface area (Å²) in [5, 5.41) is 4.23. The second kappa shape index (κ2) is 8.14. The summed E-state index contributed by atoms with van der Waals surface area (Å²) in [5.41, 5.74) is 1.11. The lowest BCUT2D eigenvalue weighted by Gasteiger charge is -2.36. The number of benzene rings is 1. The lowest BCUT2D eigenvalue weighted by atomic mass is 10.1. The summed E-state index contributed by atoms with van der Waals surface area (Å²) in [7, 11) is 0. The first-order valence-corrected chi connectivity index (χ1v) is 10.6. The van der Waals surface area contributed by atoms with Crippen molar-refractivity contribution in [3.8, 4) is 0 Å². The van der Waals surface area contributed by atoms with Crippen LogP contribution in [0.3, 0.4) is 0 Å². The van der Waals surface area contributed by atoms with E-state index in [-0.39, 0.29) is 12.1 Å². The van der Waals surface area contributed by atoms with Gasteiger partial charge in [-0.15, -0.1) is 11.3 Å². The van der Waals surface area contributed by atoms with Gasteiger partial charge in [0.05, 0.1) is 11.4 Å². The monoisotopic (exact) mass is 395 g/mol. The molecule has 0 radical (unpaired) electrons. The smallest absolute Gasteiger partial charge is 0.317 e. The number of amides is 2. The zero-order valence-electron chi connectivity index (χ0n) is 16.3. The predicted octanol–water partition coefficient (Wildman–Crippen LogP) is 3.85. The predicted molar refractivity (Wildman–Crippen MR) is 114 cm³/mol. The van der Waals surface area contributed by atoms with Crippen LogP contribution in [-0.2, 0) is 6.42 Å². The molecular formula is C21H25N5OS. The van der Waals surface area contributed by atoms with Crippen LogP contribution in [0.4, 0.5) is 10.6 Å². The first-order chi connectivity index (χ1) is 13.7. The second-order valence-corrected chi connectivity index (χ2v) is 8.15. The first kappa shape index (κ1) is 18.7. The van der Waals surface area contributed by atoms with Gasteiger partial charge in [0.15, 0.2) is 0 Å². The maximum Gasteiger partial charge on any atom is 0.317 e. The molecule has 1 aliphatic rings. The molecule has 1 N–H and O–H groups in total. The molecule has 6 nitrogen and oxygen atoms in total. The van der Waals surface area contributed by atoms with Crippen molar-refractivity contribution in [2.45, 2.75) is 26.3 Å². The molecular weight excluding hydrogens is 370 g/mol. The number of aromatic nitrogens is 2. The van der Waals surface area contributed by atoms with Crippen molar-refractivity contribution in [3.05, 3.63) is 53.2 Å². The molecule has 28 heavy (non-hydrogen) atoms. The minimum Gasteiger partial charge on any atom is -0.352 e. The van der Waals surface area contributed by atoms with Gasteiger partial charge in [-0.2, -0.15) is 0 Å². The fraction of sp³-hybridized carbons (Fsp3) is 0.381. The minimum atomic E-state index is -0.00788. The summed E-state index contributed by atoms with van der Waals surface area (Å²) >= 11 is 1.73. The maximum absolute atomic E-state index is 12.7. The fourth-order valence-electron chi connectivity index (χ4n) is 3.54. The van der Waals surface area contributed by atoms with Gasteiger partial charge in [0, 0.05) is 31.1 Å². The Morgan fingerprint density at radius 1 is 1.18 bits per heavy atom. The number of nitrogens with zero attached hydrogens (tertiary/aromatic N) is 4. The summed E-state index contributed by atoms with van der Waals surface area (Å²) in [6.45, 7) is 7.09. The molecule has 1 fully saturated rings. The molecule has 146 valence electrons. The molecule has 2 aromatic heterocycles. The van der Waals surface area contributed by atoms with Gasteiger partial charge >= 0.3 is 6.03 Å². The van der Waals surface area contributed by atoms with E-state index in [2.05, 4.69) is 33.2 Å². The molecule has 7 heteroatoms. The molecule has 1 unspecified atom stereocenters. The molecule has 1 saturated heterocycles. The highest BCUT2D eigenvalue weighted by Gasteiger charge is 2.24. The lowest BCUT2D eigenvalue weighted by Crippen LogP contribution is -2.52. The summed E-state index contributed by atoms with van der Waals surface area (Å²) in [6.07, 6.45) is 2.66. The highest BCUT2D eigenvalue weighted by atomic mass is 32.1. The van der Waals surface area contributed by atoms with Crippen molar-refractivity contribution in [3.63, 3.8) is 0 Å². The molecule has 0 aliphatic carbocycles. The van der Waals surface area contributed by atoms with Crippen molar-refractivity contribution in [2.24, 2.45) is 0 Å². The number of fused-ring (bicyclic) bond motifs is 1. The Labute approximate surface area is 169 Å². The first-order valence-electron chi connectivity index (χ1n) is 9.74. The van der Waals surface area contributed by atoms with Crippen LogP contribution in [0, 0.1) is 0 Å². The third-order valence-corrected chi connectivity index (χ3v) is 6.40. The van der Waals surface area contributed by atoms with E-state index in [9.17, 15) is 4.79 Å². The largest absolute Gasteiger partial charge is 0.352 e. The number of rotatable bonds is 4. The molecule has 1 atom stereocenters. The molecule has 4 rings (SSSR count). The Kier molecular flexibility index (Phi) is 5.43. The summed E-state index contributed by atoms with van der Waals surface area (Å²) in [4.78, 5) is 28.1. The Bertz CT molecular complexity index is 950. The summed E-state index contributed by atoms with van der Waals surface area (Å²) in [5.74, 6) is 0.985. The highest BCUT2D eigenvalue weighted by Crippen LogP contribution is 2.31. The second-order valence-electron chi connectivity index (χ2n) is 7.04. The standard InChI is InChI=1S/C21H25N5OS/c1-3-17-13-18-19(22-14-23-20(18)28-17)25-9-11-26(12-10-25)21(27)24-15(2)16-7-5-4-6-8-16/h4-8,13-15H,3,9-12H2,1-2H3,(H,24,27). The molecule has 2 amide bonds. The number of carbonyl (C=O) groups is 1. The minimum absolute atomic E-state index is 0.00681. The molecule has 0 saturated carbocycles. The number of hydrogen-bond acceptors (Lipinski definition) is 5. The van der Waals surface area contributed by atoms with Crippen LogP contribution < -0.4 is 10.2 Å². The maximum atomic E-state index is 12.7. The molecule has 3 heterocycles. The topological polar surface area (TPSA) is 61.4 Å². The van der Waals surface area contributed by atoms with Crippen molar-refractivity contribution >= 4 is 33.4 Å². The fourth-order valence-corrected chi connectivity index (χ4v) is 4.47. The molecule has 0 spiro atoms. The number of anilines is 1. The van der Waals surface area contributed by atoms with E-state index in [1.807, 2.05) is 42.2 Å². The Hall–Kier alpha value is -2.67. The van der Waals surface area contributed by atoms with Gasteiger partial charge in [-0.05, 0) is 25.0 Å². The van der Waals surface area contributed by atoms with E-state index in [4.69, 9.17) is 0 Å². The van der Waals surface area contributed by atoms with E-state index >= 15 is 0 Å². The van der Waals surface area contributed by atoms with Gasteiger partial charge in [0.25, 0.3) is 0 Å². The number of hydrogen-bond donors (Lipinski definition) is 1. The zero-order valence-corrected chi connectivity index (χ0v) is 17.1. The number of aryl methyl sites for hydroxylation is 1. The average Bonchev–Trinajstić information content (AvgIpc) is 3.18. The van der Waals surface area contributed by atoms with Gasteiger partial charge in [-0.25, -0.2) is 14.8 Å². The van der Waals surface area contributed by atoms with Gasteiger partial charge in [-0.3, -0.25) is 0 Å². The van der Waals surface area contributed by atoms with E-state index in [1.54, 1.807) is 17.7 Å². The summed E-state index contributed by atoms with van der Waals surface area (Å²) in [6, 6.07) is 12.2. The molecule has 1 aliphatic heterocycles. The molecule has 1 aromatic carbocycles. The number of nitrogens with one attached hydrogen (secondary N) is 1. The van der Waals surface area contributed by atoms with Gasteiger partial charge < -0.3 is 15.1 Å². The van der Waals surface area contributed by atoms with Crippen molar-refractivity contribution in [1.82, 2.24) is 20.2 Å². The SMILES string of the molecule is CCc1cc2c(N3CCN(C(=O)NC(C)c4ccccc4)CC3)ncnc2s1. The number of thiophene rings is 1. The number of urea groups is 1. The van der Waals surface area contributed by atoms with E-state index in [1.165, 1.54) is 4.88 Å². The number of carbonyl (C=O) groups excluding carboxylic acids is 1.